The molecular formula is C22H26Cl2N4O. The number of aromatic nitrogens is 2. The molecule has 1 fully saturated rings. The van der Waals surface area contributed by atoms with Crippen molar-refractivity contribution in [1.82, 2.24) is 14.5 Å². The van der Waals surface area contributed by atoms with Gasteiger partial charge in [0.15, 0.2) is 0 Å². The van der Waals surface area contributed by atoms with Gasteiger partial charge in [-0.25, -0.2) is 4.79 Å². The van der Waals surface area contributed by atoms with Gasteiger partial charge in [-0.2, -0.15) is 0 Å². The molecule has 0 spiro atoms. The third-order valence-electron chi connectivity index (χ3n) is 5.68. The molecule has 0 amide bonds. The first-order valence-corrected chi connectivity index (χ1v) is 11.0. The Kier molecular flexibility index (Phi) is 6.48. The number of rotatable bonds is 7. The van der Waals surface area contributed by atoms with Crippen molar-refractivity contribution in [2.45, 2.75) is 25.8 Å². The highest BCUT2D eigenvalue weighted by Gasteiger charge is 2.17. The van der Waals surface area contributed by atoms with Crippen LogP contribution < -0.4 is 10.6 Å². The number of hydrogen-bond donors (Lipinski definition) is 1. The Balaban J connectivity index is 1.19. The van der Waals surface area contributed by atoms with E-state index < -0.39 is 0 Å². The van der Waals surface area contributed by atoms with Crippen molar-refractivity contribution in [3.05, 3.63) is 63.0 Å². The van der Waals surface area contributed by atoms with Gasteiger partial charge in [0, 0.05) is 38.4 Å². The van der Waals surface area contributed by atoms with Crippen molar-refractivity contribution in [3.63, 3.8) is 0 Å². The fraction of sp³-hybridized carbons (Fsp3) is 0.409. The highest BCUT2D eigenvalue weighted by molar-refractivity contribution is 6.42. The first-order valence-electron chi connectivity index (χ1n) is 10.2. The van der Waals surface area contributed by atoms with Gasteiger partial charge in [-0.1, -0.05) is 41.8 Å². The van der Waals surface area contributed by atoms with Gasteiger partial charge in [0.05, 0.1) is 21.1 Å². The van der Waals surface area contributed by atoms with Gasteiger partial charge in [0.25, 0.3) is 0 Å². The Bertz CT molecular complexity index is 1020. The number of fused-ring (bicyclic) bond motifs is 1. The van der Waals surface area contributed by atoms with Crippen LogP contribution in [0.4, 0.5) is 5.69 Å². The zero-order valence-corrected chi connectivity index (χ0v) is 17.9. The third-order valence-corrected chi connectivity index (χ3v) is 6.42. The topological polar surface area (TPSA) is 44.3 Å². The van der Waals surface area contributed by atoms with E-state index in [1.807, 2.05) is 47.0 Å². The minimum atomic E-state index is -0.00961. The van der Waals surface area contributed by atoms with Crippen LogP contribution in [0.1, 0.15) is 19.3 Å². The summed E-state index contributed by atoms with van der Waals surface area (Å²) in [6.45, 7) is 6.00. The summed E-state index contributed by atoms with van der Waals surface area (Å²) in [6.07, 6.45) is 3.30. The van der Waals surface area contributed by atoms with Crippen LogP contribution in [0.5, 0.6) is 0 Å². The number of aryl methyl sites for hydroxylation is 1. The second kappa shape index (κ2) is 9.24. The van der Waals surface area contributed by atoms with Crippen molar-refractivity contribution in [3.8, 4) is 0 Å². The van der Waals surface area contributed by atoms with E-state index in [1.54, 1.807) is 0 Å². The number of halogens is 2. The van der Waals surface area contributed by atoms with Gasteiger partial charge in [-0.3, -0.25) is 9.47 Å². The summed E-state index contributed by atoms with van der Waals surface area (Å²) >= 11 is 12.2. The molecule has 0 unspecified atom stereocenters. The van der Waals surface area contributed by atoms with E-state index in [0.717, 1.165) is 75.3 Å². The first kappa shape index (κ1) is 20.3. The van der Waals surface area contributed by atoms with E-state index in [0.29, 0.717) is 10.0 Å². The van der Waals surface area contributed by atoms with Crippen LogP contribution in [0.25, 0.3) is 11.0 Å². The molecule has 29 heavy (non-hydrogen) atoms. The number of para-hydroxylation sites is 2. The fourth-order valence-corrected chi connectivity index (χ4v) is 4.31. The maximum atomic E-state index is 12.1. The molecular weight excluding hydrogens is 407 g/mol. The van der Waals surface area contributed by atoms with Crippen LogP contribution in [0, 0.1) is 0 Å². The SMILES string of the molecule is O=c1[nH]c2ccccc2n1CCCCCN1CCN(c2ccc(Cl)c(Cl)c2)CC1. The highest BCUT2D eigenvalue weighted by atomic mass is 35.5. The van der Waals surface area contributed by atoms with Gasteiger partial charge < -0.3 is 9.88 Å². The van der Waals surface area contributed by atoms with Crippen LogP contribution in [-0.4, -0.2) is 47.2 Å². The third kappa shape index (κ3) is 4.80. The van der Waals surface area contributed by atoms with Gasteiger partial charge in [0.1, 0.15) is 0 Å². The molecule has 1 aromatic heterocycles. The van der Waals surface area contributed by atoms with Crippen LogP contribution in [0.15, 0.2) is 47.3 Å². The first-order chi connectivity index (χ1) is 14.1. The fourth-order valence-electron chi connectivity index (χ4n) is 4.02. The Labute approximate surface area is 180 Å². The van der Waals surface area contributed by atoms with E-state index >= 15 is 0 Å². The second-order valence-corrected chi connectivity index (χ2v) is 8.40. The molecule has 2 heterocycles. The zero-order chi connectivity index (χ0) is 20.2. The average Bonchev–Trinajstić information content (AvgIpc) is 3.05. The highest BCUT2D eigenvalue weighted by Crippen LogP contribution is 2.27. The number of unbranched alkanes of at least 4 members (excludes halogenated alkanes) is 2. The normalized spacial score (nSPS) is 15.3. The second-order valence-electron chi connectivity index (χ2n) is 7.59. The molecule has 5 nitrogen and oxygen atoms in total. The average molecular weight is 433 g/mol. The maximum Gasteiger partial charge on any atom is 0.326 e. The number of anilines is 1. The largest absolute Gasteiger partial charge is 0.369 e. The number of H-pyrrole nitrogens is 1. The molecule has 2 aromatic carbocycles. The molecule has 0 radical (unpaired) electrons. The molecule has 1 aliphatic rings. The van der Waals surface area contributed by atoms with Crippen molar-refractivity contribution in [1.29, 1.82) is 0 Å². The summed E-state index contributed by atoms with van der Waals surface area (Å²) in [6, 6.07) is 13.7. The van der Waals surface area contributed by atoms with Crippen molar-refractivity contribution < 1.29 is 0 Å². The van der Waals surface area contributed by atoms with E-state index in [4.69, 9.17) is 23.2 Å². The standard InChI is InChI=1S/C22H26Cl2N4O/c23-18-9-8-17(16-19(18)24)27-14-12-26(13-15-27)10-4-1-5-11-28-21-7-3-2-6-20(21)25-22(28)29/h2-3,6-9,16H,1,4-5,10-15H2,(H,25,29). The minimum Gasteiger partial charge on any atom is -0.369 e. The molecule has 0 atom stereocenters. The number of benzene rings is 2. The summed E-state index contributed by atoms with van der Waals surface area (Å²) in [5.41, 5.74) is 3.04. The van der Waals surface area contributed by atoms with Crippen LogP contribution in [0.3, 0.4) is 0 Å². The van der Waals surface area contributed by atoms with Crippen molar-refractivity contribution >= 4 is 39.9 Å². The van der Waals surface area contributed by atoms with E-state index in [2.05, 4.69) is 14.8 Å². The van der Waals surface area contributed by atoms with Crippen molar-refractivity contribution in [2.24, 2.45) is 0 Å². The van der Waals surface area contributed by atoms with Gasteiger partial charge in [-0.05, 0) is 49.7 Å². The number of piperazine rings is 1. The molecule has 1 aliphatic heterocycles. The summed E-state index contributed by atoms with van der Waals surface area (Å²) in [7, 11) is 0. The lowest BCUT2D eigenvalue weighted by atomic mass is 10.2. The Morgan fingerprint density at radius 2 is 1.62 bits per heavy atom. The minimum absolute atomic E-state index is 0.00961. The number of nitrogens with zero attached hydrogens (tertiary/aromatic N) is 3. The Hall–Kier alpha value is -1.95. The van der Waals surface area contributed by atoms with Gasteiger partial charge in [-0.15, -0.1) is 0 Å². The Morgan fingerprint density at radius 1 is 0.862 bits per heavy atom. The number of nitrogens with one attached hydrogen (secondary N) is 1. The molecule has 1 saturated heterocycles. The van der Waals surface area contributed by atoms with Crippen LogP contribution >= 0.6 is 23.2 Å². The predicted molar refractivity (Wildman–Crippen MR) is 122 cm³/mol. The van der Waals surface area contributed by atoms with Gasteiger partial charge >= 0.3 is 5.69 Å². The zero-order valence-electron chi connectivity index (χ0n) is 16.4. The molecule has 0 saturated carbocycles. The molecule has 3 aromatic rings. The monoisotopic (exact) mass is 432 g/mol. The molecule has 1 N–H and O–H groups in total. The van der Waals surface area contributed by atoms with E-state index in [1.165, 1.54) is 0 Å². The summed E-state index contributed by atoms with van der Waals surface area (Å²) in [5, 5.41) is 1.21. The summed E-state index contributed by atoms with van der Waals surface area (Å²) < 4.78 is 1.85. The molecule has 7 heteroatoms. The molecule has 4 rings (SSSR count). The smallest absolute Gasteiger partial charge is 0.326 e. The predicted octanol–water partition coefficient (Wildman–Crippen LogP) is 4.63. The van der Waals surface area contributed by atoms with Crippen LogP contribution in [-0.2, 0) is 6.54 Å². The number of hydrogen-bond acceptors (Lipinski definition) is 3. The lowest BCUT2D eigenvalue weighted by Gasteiger charge is -2.36. The Morgan fingerprint density at radius 3 is 2.41 bits per heavy atom. The quantitative estimate of drug-likeness (QED) is 0.553. The van der Waals surface area contributed by atoms with Crippen LogP contribution in [0.2, 0.25) is 10.0 Å². The molecule has 154 valence electrons. The van der Waals surface area contributed by atoms with Crippen molar-refractivity contribution in [2.75, 3.05) is 37.6 Å². The van der Waals surface area contributed by atoms with E-state index in [9.17, 15) is 4.79 Å². The lowest BCUT2D eigenvalue weighted by molar-refractivity contribution is 0.251. The van der Waals surface area contributed by atoms with E-state index in [-0.39, 0.29) is 5.69 Å². The van der Waals surface area contributed by atoms with Gasteiger partial charge in [0.2, 0.25) is 0 Å². The number of aromatic amines is 1. The maximum absolute atomic E-state index is 12.1. The lowest BCUT2D eigenvalue weighted by Crippen LogP contribution is -2.46. The summed E-state index contributed by atoms with van der Waals surface area (Å²) in [4.78, 5) is 19.9. The molecule has 0 aliphatic carbocycles. The molecule has 0 bridgehead atoms. The summed E-state index contributed by atoms with van der Waals surface area (Å²) in [5.74, 6) is 0. The number of imidazole rings is 1.